The van der Waals surface area contributed by atoms with Crippen LogP contribution >= 0.6 is 0 Å². The number of benzene rings is 1. The second-order valence-corrected chi connectivity index (χ2v) is 11.9. The molecule has 9 atom stereocenters. The van der Waals surface area contributed by atoms with Crippen LogP contribution < -0.4 is 5.73 Å². The lowest BCUT2D eigenvalue weighted by Crippen LogP contribution is -2.66. The van der Waals surface area contributed by atoms with E-state index in [1.54, 1.807) is 38.1 Å². The van der Waals surface area contributed by atoms with Crippen LogP contribution in [0.4, 0.5) is 5.69 Å². The Balaban J connectivity index is 1.64. The summed E-state index contributed by atoms with van der Waals surface area (Å²) in [5.41, 5.74) is 4.67. The Labute approximate surface area is 206 Å². The molecule has 1 unspecified atom stereocenters. The van der Waals surface area contributed by atoms with Crippen molar-refractivity contribution in [1.82, 2.24) is 0 Å². The molecule has 2 saturated carbocycles. The number of fused-ring (bicyclic) bond motifs is 3. The standard InChI is InChI=1S/C28H37NO6/c1-13-7-6-8-19(29)20(13)25(33)35-24-14(2)11-27-15(3)9-18-21(26(18,4)5)17(23(27)32)10-16(12-30)22(31)28(24,27)34/h6-8,10-11,15,17-18,21-24,30-32,34H,9,12,29H2,1-5H3/t15-,17+,18-,21+,22-,23?,24+,27+,28+/m1/s1. The van der Waals surface area contributed by atoms with Gasteiger partial charge in [-0.05, 0) is 66.2 Å². The number of esters is 1. The van der Waals surface area contributed by atoms with E-state index in [1.165, 1.54) is 0 Å². The van der Waals surface area contributed by atoms with Crippen molar-refractivity contribution in [3.8, 4) is 0 Å². The van der Waals surface area contributed by atoms with Gasteiger partial charge in [0.05, 0.1) is 23.7 Å². The van der Waals surface area contributed by atoms with Crippen molar-refractivity contribution in [3.63, 3.8) is 0 Å². The van der Waals surface area contributed by atoms with Gasteiger partial charge >= 0.3 is 5.97 Å². The highest BCUT2D eigenvalue weighted by molar-refractivity contribution is 5.97. The average Bonchev–Trinajstić information content (AvgIpc) is 3.27. The summed E-state index contributed by atoms with van der Waals surface area (Å²) in [6.45, 7) is 9.40. The minimum atomic E-state index is -2.06. The molecule has 7 nitrogen and oxygen atoms in total. The van der Waals surface area contributed by atoms with E-state index in [4.69, 9.17) is 10.5 Å². The summed E-state index contributed by atoms with van der Waals surface area (Å²) in [7, 11) is 0. The van der Waals surface area contributed by atoms with Gasteiger partial charge in [0.25, 0.3) is 0 Å². The van der Waals surface area contributed by atoms with E-state index in [-0.39, 0.29) is 40.0 Å². The fourth-order valence-electron chi connectivity index (χ4n) is 8.04. The number of carbonyl (C=O) groups is 1. The number of aliphatic hydroxyl groups excluding tert-OH is 3. The summed E-state index contributed by atoms with van der Waals surface area (Å²) in [6, 6.07) is 5.11. The molecule has 190 valence electrons. The van der Waals surface area contributed by atoms with Crippen LogP contribution in [0.2, 0.25) is 0 Å². The van der Waals surface area contributed by atoms with E-state index < -0.39 is 41.9 Å². The maximum atomic E-state index is 13.3. The van der Waals surface area contributed by atoms with Crippen molar-refractivity contribution < 1.29 is 30.0 Å². The van der Waals surface area contributed by atoms with Gasteiger partial charge in [-0.3, -0.25) is 0 Å². The number of carbonyl (C=O) groups excluding carboxylic acids is 1. The number of nitrogen functional groups attached to an aromatic ring is 1. The minimum absolute atomic E-state index is 0.0115. The molecule has 1 spiro atoms. The van der Waals surface area contributed by atoms with Gasteiger partial charge in [0.2, 0.25) is 0 Å². The van der Waals surface area contributed by atoms with E-state index in [1.807, 2.05) is 13.0 Å². The van der Waals surface area contributed by atoms with Crippen LogP contribution in [0.1, 0.15) is 50.0 Å². The molecule has 4 aliphatic rings. The molecule has 0 radical (unpaired) electrons. The summed E-state index contributed by atoms with van der Waals surface area (Å²) >= 11 is 0. The second-order valence-electron chi connectivity index (χ2n) is 11.9. The number of anilines is 1. The fourth-order valence-corrected chi connectivity index (χ4v) is 8.04. The molecular formula is C28H37NO6. The van der Waals surface area contributed by atoms with Crippen LogP contribution in [0.5, 0.6) is 0 Å². The molecule has 0 aliphatic heterocycles. The normalized spacial score (nSPS) is 43.2. The number of rotatable bonds is 3. The van der Waals surface area contributed by atoms with Crippen LogP contribution in [-0.4, -0.2) is 56.9 Å². The first-order valence-electron chi connectivity index (χ1n) is 12.5. The van der Waals surface area contributed by atoms with E-state index in [9.17, 15) is 25.2 Å². The molecule has 0 saturated heterocycles. The molecule has 35 heavy (non-hydrogen) atoms. The lowest BCUT2D eigenvalue weighted by Gasteiger charge is -2.52. The number of nitrogens with two attached hydrogens (primary N) is 1. The molecule has 0 aromatic heterocycles. The van der Waals surface area contributed by atoms with E-state index in [0.717, 1.165) is 6.42 Å². The topological polar surface area (TPSA) is 133 Å². The molecule has 1 aromatic carbocycles. The second kappa shape index (κ2) is 7.65. The Hall–Kier alpha value is -2.19. The Morgan fingerprint density at radius 3 is 2.54 bits per heavy atom. The van der Waals surface area contributed by atoms with Gasteiger partial charge < -0.3 is 30.9 Å². The first-order chi connectivity index (χ1) is 16.3. The van der Waals surface area contributed by atoms with Gasteiger partial charge in [-0.1, -0.05) is 45.1 Å². The zero-order valence-electron chi connectivity index (χ0n) is 21.0. The van der Waals surface area contributed by atoms with Gasteiger partial charge in [0.15, 0.2) is 6.10 Å². The third-order valence-corrected chi connectivity index (χ3v) is 9.90. The molecule has 4 aliphatic carbocycles. The first kappa shape index (κ1) is 24.5. The maximum absolute atomic E-state index is 13.3. The third kappa shape index (κ3) is 2.95. The Bertz CT molecular complexity index is 1120. The van der Waals surface area contributed by atoms with E-state index in [2.05, 4.69) is 13.8 Å². The highest BCUT2D eigenvalue weighted by Crippen LogP contribution is 2.72. The third-order valence-electron chi connectivity index (χ3n) is 9.90. The summed E-state index contributed by atoms with van der Waals surface area (Å²) < 4.78 is 5.95. The number of aliphatic hydroxyl groups is 4. The fraction of sp³-hybridized carbons (Fsp3) is 0.607. The zero-order valence-corrected chi connectivity index (χ0v) is 21.0. The number of aryl methyl sites for hydroxylation is 1. The lowest BCUT2D eigenvalue weighted by molar-refractivity contribution is -0.215. The van der Waals surface area contributed by atoms with Gasteiger partial charge in [0, 0.05) is 11.6 Å². The molecular weight excluding hydrogens is 446 g/mol. The van der Waals surface area contributed by atoms with Crippen molar-refractivity contribution in [3.05, 3.63) is 52.6 Å². The number of ether oxygens (including phenoxy) is 1. The average molecular weight is 484 g/mol. The molecule has 2 fully saturated rings. The molecule has 6 N–H and O–H groups in total. The molecule has 7 heteroatoms. The molecule has 2 bridgehead atoms. The smallest absolute Gasteiger partial charge is 0.341 e. The Morgan fingerprint density at radius 1 is 1.23 bits per heavy atom. The summed E-state index contributed by atoms with van der Waals surface area (Å²) in [5.74, 6) is -0.765. The summed E-state index contributed by atoms with van der Waals surface area (Å²) in [5, 5.41) is 46.3. The highest BCUT2D eigenvalue weighted by Gasteiger charge is 2.76. The summed E-state index contributed by atoms with van der Waals surface area (Å²) in [6.07, 6.45) is 0.562. The van der Waals surface area contributed by atoms with E-state index in [0.29, 0.717) is 17.1 Å². The zero-order chi connectivity index (χ0) is 25.7. The van der Waals surface area contributed by atoms with Crippen LogP contribution in [0, 0.1) is 41.4 Å². The summed E-state index contributed by atoms with van der Waals surface area (Å²) in [4.78, 5) is 13.3. The predicted octanol–water partition coefficient (Wildman–Crippen LogP) is 2.36. The number of hydrogen-bond acceptors (Lipinski definition) is 7. The van der Waals surface area contributed by atoms with Crippen LogP contribution in [-0.2, 0) is 4.74 Å². The monoisotopic (exact) mass is 483 g/mol. The van der Waals surface area contributed by atoms with Crippen LogP contribution in [0.3, 0.4) is 0 Å². The quantitative estimate of drug-likeness (QED) is 0.253. The predicted molar refractivity (Wildman–Crippen MR) is 131 cm³/mol. The largest absolute Gasteiger partial charge is 0.451 e. The molecule has 5 rings (SSSR count). The SMILES string of the molecule is CC1=C[C@]23C(O)[C@@H](C=C(CO)[C@@H](O)[C@]2(O)[C@H]1OC(=O)c1c(C)cccc1N)[C@H]1[C@@H](C[C@H]3C)C1(C)C. The van der Waals surface area contributed by atoms with E-state index >= 15 is 0 Å². The van der Waals surface area contributed by atoms with Crippen LogP contribution in [0.25, 0.3) is 0 Å². The molecule has 0 amide bonds. The van der Waals surface area contributed by atoms with Crippen molar-refractivity contribution in [2.24, 2.45) is 34.5 Å². The highest BCUT2D eigenvalue weighted by atomic mass is 16.6. The van der Waals surface area contributed by atoms with Crippen molar-refractivity contribution in [2.75, 3.05) is 12.3 Å². The van der Waals surface area contributed by atoms with Crippen molar-refractivity contribution >= 4 is 11.7 Å². The van der Waals surface area contributed by atoms with Gasteiger partial charge in [-0.15, -0.1) is 0 Å². The molecule has 0 heterocycles. The Kier molecular flexibility index (Phi) is 5.36. The van der Waals surface area contributed by atoms with Gasteiger partial charge in [0.1, 0.15) is 11.7 Å². The minimum Gasteiger partial charge on any atom is -0.451 e. The maximum Gasteiger partial charge on any atom is 0.341 e. The van der Waals surface area contributed by atoms with Gasteiger partial charge in [-0.2, -0.15) is 0 Å². The Morgan fingerprint density at radius 2 is 1.91 bits per heavy atom. The van der Waals surface area contributed by atoms with Gasteiger partial charge in [-0.25, -0.2) is 4.79 Å². The first-order valence-corrected chi connectivity index (χ1v) is 12.5. The van der Waals surface area contributed by atoms with Crippen molar-refractivity contribution in [2.45, 2.75) is 65.0 Å². The number of hydrogen-bond donors (Lipinski definition) is 5. The lowest BCUT2D eigenvalue weighted by atomic mass is 9.58. The van der Waals surface area contributed by atoms with Crippen molar-refractivity contribution in [1.29, 1.82) is 0 Å². The molecule has 1 aromatic rings. The van der Waals surface area contributed by atoms with Crippen LogP contribution in [0.15, 0.2) is 41.5 Å².